The second kappa shape index (κ2) is 10.4. The Balaban J connectivity index is 2.81. The van der Waals surface area contributed by atoms with Crippen LogP contribution in [0.25, 0.3) is 0 Å². The molecule has 0 amide bonds. The van der Waals surface area contributed by atoms with Gasteiger partial charge in [0.2, 0.25) is 0 Å². The molecule has 0 aliphatic carbocycles. The minimum absolute atomic E-state index is 0.174. The Morgan fingerprint density at radius 1 is 0.773 bits per heavy atom. The topological polar surface area (TPSA) is 84.5 Å². The van der Waals surface area contributed by atoms with Crippen LogP contribution in [0.2, 0.25) is 0 Å². The van der Waals surface area contributed by atoms with Gasteiger partial charge < -0.3 is 18.9 Å². The maximum Gasteiger partial charge on any atom is 0.138 e. The smallest absolute Gasteiger partial charge is 0.138 e. The van der Waals surface area contributed by atoms with Crippen molar-refractivity contribution in [3.63, 3.8) is 0 Å². The highest BCUT2D eigenvalue weighted by Crippen LogP contribution is 2.29. The molecule has 0 bridgehead atoms. The molecular formula is C16H20N2O4. The van der Waals surface area contributed by atoms with Crippen molar-refractivity contribution in [1.29, 1.82) is 10.5 Å². The lowest BCUT2D eigenvalue weighted by Gasteiger charge is -2.12. The highest BCUT2D eigenvalue weighted by atomic mass is 16.5. The third kappa shape index (κ3) is 5.25. The Bertz CT molecular complexity index is 497. The Labute approximate surface area is 130 Å². The lowest BCUT2D eigenvalue weighted by Crippen LogP contribution is -2.10. The van der Waals surface area contributed by atoms with Gasteiger partial charge in [-0.15, -0.1) is 0 Å². The average molecular weight is 304 g/mol. The molecule has 1 rings (SSSR count). The summed E-state index contributed by atoms with van der Waals surface area (Å²) >= 11 is 0. The molecule has 0 atom stereocenters. The third-order valence-electron chi connectivity index (χ3n) is 2.73. The summed E-state index contributed by atoms with van der Waals surface area (Å²) in [6.45, 7) is 6.47. The number of rotatable bonds is 10. The van der Waals surface area contributed by atoms with E-state index in [1.807, 2.05) is 26.0 Å². The molecule has 0 aromatic heterocycles. The Morgan fingerprint density at radius 2 is 1.18 bits per heavy atom. The van der Waals surface area contributed by atoms with Gasteiger partial charge in [-0.05, 0) is 26.0 Å². The number of nitrogens with zero attached hydrogens (tertiary/aromatic N) is 2. The van der Waals surface area contributed by atoms with E-state index in [1.54, 1.807) is 12.1 Å². The van der Waals surface area contributed by atoms with Crippen LogP contribution in [-0.4, -0.2) is 39.6 Å². The maximum atomic E-state index is 9.27. The molecule has 1 aromatic rings. The van der Waals surface area contributed by atoms with Crippen molar-refractivity contribution in [2.45, 2.75) is 13.8 Å². The van der Waals surface area contributed by atoms with Gasteiger partial charge >= 0.3 is 0 Å². The fraction of sp³-hybridized carbons (Fsp3) is 0.500. The summed E-state index contributed by atoms with van der Waals surface area (Å²) in [6.07, 6.45) is 0. The molecule has 1 aromatic carbocycles. The fourth-order valence-electron chi connectivity index (χ4n) is 1.74. The van der Waals surface area contributed by atoms with Crippen LogP contribution in [0.1, 0.15) is 25.0 Å². The molecule has 0 saturated heterocycles. The summed E-state index contributed by atoms with van der Waals surface area (Å²) < 4.78 is 21.3. The van der Waals surface area contributed by atoms with Gasteiger partial charge in [0.1, 0.15) is 48.0 Å². The molecule has 6 nitrogen and oxygen atoms in total. The maximum absolute atomic E-state index is 9.27. The zero-order valence-electron chi connectivity index (χ0n) is 12.9. The highest BCUT2D eigenvalue weighted by Gasteiger charge is 2.15. The van der Waals surface area contributed by atoms with Crippen LogP contribution in [0.4, 0.5) is 0 Å². The number of benzene rings is 1. The molecule has 0 heterocycles. The Morgan fingerprint density at radius 3 is 1.50 bits per heavy atom. The fourth-order valence-corrected chi connectivity index (χ4v) is 1.74. The normalized spacial score (nSPS) is 9.82. The van der Waals surface area contributed by atoms with E-state index in [1.165, 1.54) is 0 Å². The molecule has 0 unspecified atom stereocenters. The van der Waals surface area contributed by atoms with Crippen molar-refractivity contribution in [1.82, 2.24) is 0 Å². The van der Waals surface area contributed by atoms with Crippen molar-refractivity contribution < 1.29 is 18.9 Å². The van der Waals surface area contributed by atoms with Gasteiger partial charge in [0, 0.05) is 13.2 Å². The van der Waals surface area contributed by atoms with Gasteiger partial charge in [0.25, 0.3) is 0 Å². The van der Waals surface area contributed by atoms with Gasteiger partial charge in [-0.3, -0.25) is 0 Å². The first kappa shape index (κ1) is 17.8. The van der Waals surface area contributed by atoms with Crippen LogP contribution in [0, 0.1) is 22.7 Å². The zero-order chi connectivity index (χ0) is 16.2. The number of hydrogen-bond donors (Lipinski definition) is 0. The van der Waals surface area contributed by atoms with E-state index in [0.717, 1.165) is 0 Å². The summed E-state index contributed by atoms with van der Waals surface area (Å²) in [6, 6.07) is 7.25. The molecule has 0 spiro atoms. The van der Waals surface area contributed by atoms with Crippen LogP contribution < -0.4 is 9.47 Å². The summed E-state index contributed by atoms with van der Waals surface area (Å²) in [4.78, 5) is 0. The van der Waals surface area contributed by atoms with Gasteiger partial charge in [-0.25, -0.2) is 0 Å². The summed E-state index contributed by atoms with van der Waals surface area (Å²) in [5, 5.41) is 18.5. The van der Waals surface area contributed by atoms with Crippen LogP contribution in [0.15, 0.2) is 12.1 Å². The van der Waals surface area contributed by atoms with Crippen molar-refractivity contribution in [2.75, 3.05) is 39.6 Å². The van der Waals surface area contributed by atoms with Gasteiger partial charge in [-0.1, -0.05) is 0 Å². The van der Waals surface area contributed by atoms with Crippen molar-refractivity contribution in [2.24, 2.45) is 0 Å². The van der Waals surface area contributed by atoms with Crippen molar-refractivity contribution in [3.8, 4) is 23.6 Å². The number of ether oxygens (including phenoxy) is 4. The zero-order valence-corrected chi connectivity index (χ0v) is 12.9. The molecule has 22 heavy (non-hydrogen) atoms. The first-order chi connectivity index (χ1) is 10.8. The summed E-state index contributed by atoms with van der Waals surface area (Å²) in [7, 11) is 0. The minimum Gasteiger partial charge on any atom is -0.490 e. The van der Waals surface area contributed by atoms with Crippen LogP contribution in [0.3, 0.4) is 0 Å². The van der Waals surface area contributed by atoms with E-state index in [0.29, 0.717) is 51.1 Å². The monoisotopic (exact) mass is 304 g/mol. The Kier molecular flexibility index (Phi) is 8.44. The molecule has 0 aliphatic heterocycles. The van der Waals surface area contributed by atoms with Gasteiger partial charge in [-0.2, -0.15) is 10.5 Å². The number of nitriles is 2. The lowest BCUT2D eigenvalue weighted by atomic mass is 10.1. The number of hydrogen-bond acceptors (Lipinski definition) is 6. The van der Waals surface area contributed by atoms with E-state index >= 15 is 0 Å². The first-order valence-electron chi connectivity index (χ1n) is 7.16. The predicted molar refractivity (Wildman–Crippen MR) is 79.8 cm³/mol. The van der Waals surface area contributed by atoms with Crippen LogP contribution >= 0.6 is 0 Å². The summed E-state index contributed by atoms with van der Waals surface area (Å²) in [5.41, 5.74) is 0.348. The minimum atomic E-state index is 0.174. The molecule has 0 aliphatic rings. The molecule has 0 radical (unpaired) electrons. The van der Waals surface area contributed by atoms with E-state index < -0.39 is 0 Å². The highest BCUT2D eigenvalue weighted by molar-refractivity contribution is 5.60. The van der Waals surface area contributed by atoms with E-state index in [2.05, 4.69) is 0 Å². The molecular weight excluding hydrogens is 284 g/mol. The van der Waals surface area contributed by atoms with Crippen molar-refractivity contribution >= 4 is 0 Å². The van der Waals surface area contributed by atoms with Gasteiger partial charge in [0.15, 0.2) is 0 Å². The molecule has 0 N–H and O–H groups in total. The van der Waals surface area contributed by atoms with E-state index in [4.69, 9.17) is 18.9 Å². The SMILES string of the molecule is CCOCCOc1ccc(OCCOCC)c(C#N)c1C#N. The third-order valence-corrected chi connectivity index (χ3v) is 2.73. The first-order valence-corrected chi connectivity index (χ1v) is 7.16. The summed E-state index contributed by atoms with van der Waals surface area (Å²) in [5.74, 6) is 0.715. The van der Waals surface area contributed by atoms with Crippen molar-refractivity contribution in [3.05, 3.63) is 23.3 Å². The largest absolute Gasteiger partial charge is 0.490 e. The second-order valence-corrected chi connectivity index (χ2v) is 4.13. The standard InChI is InChI=1S/C16H20N2O4/c1-3-19-7-9-21-15-5-6-16(22-10-8-20-4-2)14(12-18)13(15)11-17/h5-6H,3-4,7-10H2,1-2H3. The quantitative estimate of drug-likeness (QED) is 0.616. The van der Waals surface area contributed by atoms with Crippen LogP contribution in [-0.2, 0) is 9.47 Å². The lowest BCUT2D eigenvalue weighted by molar-refractivity contribution is 0.108. The average Bonchev–Trinajstić information content (AvgIpc) is 2.55. The van der Waals surface area contributed by atoms with E-state index in [-0.39, 0.29) is 11.1 Å². The molecule has 0 fully saturated rings. The second-order valence-electron chi connectivity index (χ2n) is 4.13. The van der Waals surface area contributed by atoms with E-state index in [9.17, 15) is 10.5 Å². The van der Waals surface area contributed by atoms with Crippen LogP contribution in [0.5, 0.6) is 11.5 Å². The molecule has 118 valence electrons. The molecule has 0 saturated carbocycles. The molecule has 6 heteroatoms. The van der Waals surface area contributed by atoms with Gasteiger partial charge in [0.05, 0.1) is 13.2 Å². The Hall–Kier alpha value is -2.28. The predicted octanol–water partition coefficient (Wildman–Crippen LogP) is 2.26.